The number of amides is 1. The number of hydrogen-bond acceptors (Lipinski definition) is 5. The monoisotopic (exact) mass is 319 g/mol. The van der Waals surface area contributed by atoms with Crippen LogP contribution in [0.1, 0.15) is 46.1 Å². The van der Waals surface area contributed by atoms with Gasteiger partial charge in [0.25, 0.3) is 5.91 Å². The average Bonchev–Trinajstić information content (AvgIpc) is 3.08. The number of esters is 1. The molecule has 0 fully saturated rings. The molecule has 0 unspecified atom stereocenters. The van der Waals surface area contributed by atoms with Crippen molar-refractivity contribution in [3.63, 3.8) is 0 Å². The van der Waals surface area contributed by atoms with Crippen molar-refractivity contribution < 1.29 is 14.3 Å². The molecule has 0 atom stereocenters. The number of rotatable bonds is 6. The van der Waals surface area contributed by atoms with Crippen molar-refractivity contribution in [3.05, 3.63) is 34.9 Å². The molecule has 0 radical (unpaired) electrons. The van der Waals surface area contributed by atoms with Gasteiger partial charge in [0.15, 0.2) is 5.69 Å². The van der Waals surface area contributed by atoms with Crippen LogP contribution in [0.3, 0.4) is 0 Å². The number of aryl methyl sites for hydroxylation is 2. The number of carbonyl (C=O) groups is 2. The Hall–Kier alpha value is -2.64. The van der Waals surface area contributed by atoms with Gasteiger partial charge in [-0.1, -0.05) is 0 Å². The third-order valence-corrected chi connectivity index (χ3v) is 3.54. The average molecular weight is 319 g/mol. The van der Waals surface area contributed by atoms with Crippen LogP contribution >= 0.6 is 0 Å². The van der Waals surface area contributed by atoms with Crippen LogP contribution in [-0.2, 0) is 24.9 Å². The Labute approximate surface area is 134 Å². The number of aromatic nitrogens is 4. The summed E-state index contributed by atoms with van der Waals surface area (Å²) < 4.78 is 8.12. The van der Waals surface area contributed by atoms with Crippen molar-refractivity contribution in [2.45, 2.75) is 33.9 Å². The number of hydrogen-bond donors (Lipinski definition) is 1. The highest BCUT2D eigenvalue weighted by Gasteiger charge is 2.18. The first kappa shape index (κ1) is 16.7. The minimum atomic E-state index is -0.499. The first-order chi connectivity index (χ1) is 11.0. The van der Waals surface area contributed by atoms with E-state index in [1.54, 1.807) is 20.2 Å². The van der Waals surface area contributed by atoms with E-state index in [1.165, 1.54) is 10.7 Å². The minimum absolute atomic E-state index is 0.177. The fraction of sp³-hybridized carbons (Fsp3) is 0.467. The lowest BCUT2D eigenvalue weighted by Crippen LogP contribution is -2.23. The third-order valence-electron chi connectivity index (χ3n) is 3.54. The number of nitrogens with zero attached hydrogens (tertiary/aromatic N) is 4. The van der Waals surface area contributed by atoms with Gasteiger partial charge in [0, 0.05) is 37.5 Å². The molecule has 0 aromatic carbocycles. The topological polar surface area (TPSA) is 91.0 Å². The summed E-state index contributed by atoms with van der Waals surface area (Å²) >= 11 is 0. The second-order valence-corrected chi connectivity index (χ2v) is 5.01. The molecule has 1 N–H and O–H groups in total. The minimum Gasteiger partial charge on any atom is -0.461 e. The quantitative estimate of drug-likeness (QED) is 0.804. The van der Waals surface area contributed by atoms with Gasteiger partial charge in [-0.25, -0.2) is 4.79 Å². The Morgan fingerprint density at radius 2 is 2.09 bits per heavy atom. The summed E-state index contributed by atoms with van der Waals surface area (Å²) in [6.07, 6.45) is 1.74. The zero-order valence-corrected chi connectivity index (χ0v) is 13.8. The van der Waals surface area contributed by atoms with Crippen molar-refractivity contribution in [1.29, 1.82) is 0 Å². The molecule has 0 spiro atoms. The summed E-state index contributed by atoms with van der Waals surface area (Å²) in [6.45, 7) is 7.09. The van der Waals surface area contributed by atoms with E-state index in [1.807, 2.05) is 18.5 Å². The molecule has 0 saturated carbocycles. The summed E-state index contributed by atoms with van der Waals surface area (Å²) in [5, 5.41) is 11.1. The second kappa shape index (κ2) is 7.08. The molecule has 1 amide bonds. The van der Waals surface area contributed by atoms with E-state index in [9.17, 15) is 9.59 Å². The Morgan fingerprint density at radius 1 is 1.35 bits per heavy atom. The van der Waals surface area contributed by atoms with E-state index < -0.39 is 5.97 Å². The van der Waals surface area contributed by atoms with Gasteiger partial charge in [-0.3, -0.25) is 14.2 Å². The van der Waals surface area contributed by atoms with Gasteiger partial charge in [-0.15, -0.1) is 0 Å². The lowest BCUT2D eigenvalue weighted by atomic mass is 10.2. The van der Waals surface area contributed by atoms with Crippen LogP contribution in [0, 0.1) is 6.92 Å². The van der Waals surface area contributed by atoms with Crippen molar-refractivity contribution >= 4 is 11.9 Å². The highest BCUT2D eigenvalue weighted by Crippen LogP contribution is 2.08. The molecule has 2 aromatic heterocycles. The molecule has 0 aliphatic heterocycles. The SMILES string of the molecule is CCOC(=O)c1cc(C(=O)NCc2cnn(CC)c2C)nn1C. The fourth-order valence-corrected chi connectivity index (χ4v) is 2.22. The maximum absolute atomic E-state index is 12.2. The largest absolute Gasteiger partial charge is 0.461 e. The highest BCUT2D eigenvalue weighted by molar-refractivity contribution is 5.95. The zero-order chi connectivity index (χ0) is 17.0. The van der Waals surface area contributed by atoms with Crippen LogP contribution < -0.4 is 5.32 Å². The molecule has 8 heteroatoms. The fourth-order valence-electron chi connectivity index (χ4n) is 2.22. The molecular formula is C15H21N5O3. The first-order valence-electron chi connectivity index (χ1n) is 7.48. The Morgan fingerprint density at radius 3 is 2.70 bits per heavy atom. The van der Waals surface area contributed by atoms with Crippen LogP contribution in [0.2, 0.25) is 0 Å². The lowest BCUT2D eigenvalue weighted by molar-refractivity contribution is 0.0513. The van der Waals surface area contributed by atoms with Gasteiger partial charge >= 0.3 is 5.97 Å². The molecule has 2 heterocycles. The summed E-state index contributed by atoms with van der Waals surface area (Å²) in [5.41, 5.74) is 2.38. The summed E-state index contributed by atoms with van der Waals surface area (Å²) in [5.74, 6) is -0.846. The van der Waals surface area contributed by atoms with E-state index in [2.05, 4.69) is 15.5 Å². The second-order valence-electron chi connectivity index (χ2n) is 5.01. The Bertz CT molecular complexity index is 717. The smallest absolute Gasteiger partial charge is 0.356 e. The van der Waals surface area contributed by atoms with E-state index in [-0.39, 0.29) is 23.9 Å². The number of carbonyl (C=O) groups excluding carboxylic acids is 2. The molecule has 8 nitrogen and oxygen atoms in total. The van der Waals surface area contributed by atoms with E-state index in [4.69, 9.17) is 4.74 Å². The molecule has 124 valence electrons. The Kier molecular flexibility index (Phi) is 5.15. The van der Waals surface area contributed by atoms with Crippen LogP contribution in [0.15, 0.2) is 12.3 Å². The van der Waals surface area contributed by atoms with Gasteiger partial charge in [0.05, 0.1) is 12.8 Å². The molecule has 0 aliphatic rings. The van der Waals surface area contributed by atoms with Gasteiger partial charge in [-0.2, -0.15) is 10.2 Å². The van der Waals surface area contributed by atoms with Crippen molar-refractivity contribution in [1.82, 2.24) is 24.9 Å². The van der Waals surface area contributed by atoms with E-state index >= 15 is 0 Å². The summed E-state index contributed by atoms with van der Waals surface area (Å²) in [6, 6.07) is 1.43. The van der Waals surface area contributed by atoms with Crippen molar-refractivity contribution in [2.75, 3.05) is 6.61 Å². The molecule has 0 bridgehead atoms. The molecular weight excluding hydrogens is 298 g/mol. The zero-order valence-electron chi connectivity index (χ0n) is 13.8. The van der Waals surface area contributed by atoms with Crippen LogP contribution in [0.25, 0.3) is 0 Å². The molecule has 23 heavy (non-hydrogen) atoms. The van der Waals surface area contributed by atoms with Crippen molar-refractivity contribution in [2.24, 2.45) is 7.05 Å². The third kappa shape index (κ3) is 3.58. The maximum Gasteiger partial charge on any atom is 0.356 e. The predicted octanol–water partition coefficient (Wildman–Crippen LogP) is 1.05. The molecule has 0 aliphatic carbocycles. The molecule has 2 aromatic rings. The lowest BCUT2D eigenvalue weighted by Gasteiger charge is -2.03. The van der Waals surface area contributed by atoms with Gasteiger partial charge < -0.3 is 10.1 Å². The summed E-state index contributed by atoms with van der Waals surface area (Å²) in [4.78, 5) is 23.9. The van der Waals surface area contributed by atoms with Crippen LogP contribution in [0.4, 0.5) is 0 Å². The van der Waals surface area contributed by atoms with Crippen LogP contribution in [-0.4, -0.2) is 38.0 Å². The van der Waals surface area contributed by atoms with E-state index in [0.29, 0.717) is 6.54 Å². The van der Waals surface area contributed by atoms with Gasteiger partial charge in [-0.05, 0) is 20.8 Å². The van der Waals surface area contributed by atoms with Crippen molar-refractivity contribution in [3.8, 4) is 0 Å². The standard InChI is InChI=1S/C15H21N5O3/c1-5-20-10(3)11(9-17-20)8-16-14(21)12-7-13(19(4)18-12)15(22)23-6-2/h7,9H,5-6,8H2,1-4H3,(H,16,21). The van der Waals surface area contributed by atoms with Gasteiger partial charge in [0.2, 0.25) is 0 Å². The normalized spacial score (nSPS) is 10.6. The van der Waals surface area contributed by atoms with Gasteiger partial charge in [0.1, 0.15) is 5.69 Å². The number of nitrogens with one attached hydrogen (secondary N) is 1. The van der Waals surface area contributed by atoms with Crippen LogP contribution in [0.5, 0.6) is 0 Å². The Balaban J connectivity index is 2.05. The maximum atomic E-state index is 12.2. The molecule has 2 rings (SSSR count). The first-order valence-corrected chi connectivity index (χ1v) is 7.48. The predicted molar refractivity (Wildman–Crippen MR) is 83.0 cm³/mol. The summed E-state index contributed by atoms with van der Waals surface area (Å²) in [7, 11) is 1.60. The van der Waals surface area contributed by atoms with E-state index in [0.717, 1.165) is 17.8 Å². The molecule has 0 saturated heterocycles. The highest BCUT2D eigenvalue weighted by atomic mass is 16.5. The number of ether oxygens (including phenoxy) is 1.